The Labute approximate surface area is 96.7 Å². The van der Waals surface area contributed by atoms with Crippen LogP contribution in [-0.4, -0.2) is 35.9 Å². The lowest BCUT2D eigenvalue weighted by Crippen LogP contribution is -2.28. The fraction of sp³-hybridized carbons (Fsp3) is 0.500. The molecule has 0 aliphatic rings. The third kappa shape index (κ3) is 3.22. The Balaban J connectivity index is 2.78. The van der Waals surface area contributed by atoms with Crippen molar-refractivity contribution in [2.45, 2.75) is 20.3 Å². The van der Waals surface area contributed by atoms with E-state index in [0.717, 1.165) is 25.2 Å². The quantitative estimate of drug-likeness (QED) is 0.827. The predicted molar refractivity (Wildman–Crippen MR) is 65.7 cm³/mol. The number of amides is 1. The van der Waals surface area contributed by atoms with Gasteiger partial charge in [0.2, 0.25) is 0 Å². The molecule has 1 aromatic rings. The van der Waals surface area contributed by atoms with E-state index in [1.54, 1.807) is 24.2 Å². The Morgan fingerprint density at radius 2 is 2.25 bits per heavy atom. The maximum absolute atomic E-state index is 11.9. The van der Waals surface area contributed by atoms with Gasteiger partial charge in [-0.15, -0.1) is 0 Å². The van der Waals surface area contributed by atoms with Gasteiger partial charge in [0.1, 0.15) is 5.69 Å². The average molecular weight is 221 g/mol. The minimum Gasteiger partial charge on any atom is -0.385 e. The smallest absolute Gasteiger partial charge is 0.272 e. The van der Waals surface area contributed by atoms with Crippen LogP contribution in [0.5, 0.6) is 0 Å². The molecule has 1 heterocycles. The highest BCUT2D eigenvalue weighted by Crippen LogP contribution is 2.09. The van der Waals surface area contributed by atoms with E-state index in [1.807, 2.05) is 19.9 Å². The molecule has 0 spiro atoms. The summed E-state index contributed by atoms with van der Waals surface area (Å²) in [7, 11) is 1.80. The first kappa shape index (κ1) is 12.5. The number of nitrogens with one attached hydrogen (secondary N) is 1. The summed E-state index contributed by atoms with van der Waals surface area (Å²) in [6.07, 6.45) is 2.61. The van der Waals surface area contributed by atoms with Gasteiger partial charge in [0.05, 0.1) is 0 Å². The highest BCUT2D eigenvalue weighted by atomic mass is 16.2. The monoisotopic (exact) mass is 221 g/mol. The fourth-order valence-electron chi connectivity index (χ4n) is 1.49. The number of aromatic nitrogens is 1. The van der Waals surface area contributed by atoms with E-state index < -0.39 is 0 Å². The van der Waals surface area contributed by atoms with Crippen LogP contribution >= 0.6 is 0 Å². The Morgan fingerprint density at radius 1 is 1.50 bits per heavy atom. The van der Waals surface area contributed by atoms with Crippen LogP contribution in [-0.2, 0) is 0 Å². The van der Waals surface area contributed by atoms with Crippen LogP contribution in [0, 0.1) is 0 Å². The molecule has 0 radical (unpaired) electrons. The first-order chi connectivity index (χ1) is 7.69. The minimum absolute atomic E-state index is 0.0263. The van der Waals surface area contributed by atoms with Crippen molar-refractivity contribution in [3.05, 3.63) is 24.0 Å². The molecule has 4 nitrogen and oxygen atoms in total. The van der Waals surface area contributed by atoms with Gasteiger partial charge in [-0.3, -0.25) is 9.78 Å². The summed E-state index contributed by atoms with van der Waals surface area (Å²) in [6.45, 7) is 5.66. The molecule has 0 unspecified atom stereocenters. The van der Waals surface area contributed by atoms with E-state index in [1.165, 1.54) is 0 Å². The van der Waals surface area contributed by atoms with Crippen molar-refractivity contribution in [3.63, 3.8) is 0 Å². The first-order valence-electron chi connectivity index (χ1n) is 5.64. The van der Waals surface area contributed by atoms with Gasteiger partial charge in [-0.1, -0.05) is 6.92 Å². The Bertz CT molecular complexity index is 352. The van der Waals surface area contributed by atoms with Crippen molar-refractivity contribution in [3.8, 4) is 0 Å². The van der Waals surface area contributed by atoms with Gasteiger partial charge < -0.3 is 10.2 Å². The van der Waals surface area contributed by atoms with Crippen molar-refractivity contribution in [2.75, 3.05) is 25.5 Å². The molecule has 1 aromatic heterocycles. The lowest BCUT2D eigenvalue weighted by Gasteiger charge is -2.15. The highest BCUT2D eigenvalue weighted by Gasteiger charge is 2.12. The zero-order valence-corrected chi connectivity index (χ0v) is 10.2. The van der Waals surface area contributed by atoms with Crippen molar-refractivity contribution < 1.29 is 4.79 Å². The Kier molecular flexibility index (Phi) is 4.76. The predicted octanol–water partition coefficient (Wildman–Crippen LogP) is 2.00. The van der Waals surface area contributed by atoms with Gasteiger partial charge >= 0.3 is 0 Å². The van der Waals surface area contributed by atoms with Crippen LogP contribution in [0.25, 0.3) is 0 Å². The average Bonchev–Trinajstić information content (AvgIpc) is 2.29. The highest BCUT2D eigenvalue weighted by molar-refractivity contribution is 5.92. The molecule has 1 N–H and O–H groups in total. The number of hydrogen-bond acceptors (Lipinski definition) is 3. The summed E-state index contributed by atoms with van der Waals surface area (Å²) < 4.78 is 0. The molecule has 16 heavy (non-hydrogen) atoms. The SMILES string of the molecule is CCCN(C)C(=O)c1cc(NCC)ccn1. The molecule has 0 saturated carbocycles. The fourth-order valence-corrected chi connectivity index (χ4v) is 1.49. The summed E-state index contributed by atoms with van der Waals surface area (Å²) in [5, 5.41) is 3.16. The lowest BCUT2D eigenvalue weighted by atomic mass is 10.3. The molecule has 4 heteroatoms. The van der Waals surface area contributed by atoms with Crippen molar-refractivity contribution in [1.29, 1.82) is 0 Å². The zero-order chi connectivity index (χ0) is 12.0. The van der Waals surface area contributed by atoms with Gasteiger partial charge in [0.15, 0.2) is 0 Å². The van der Waals surface area contributed by atoms with E-state index in [0.29, 0.717) is 5.69 Å². The third-order valence-electron chi connectivity index (χ3n) is 2.27. The summed E-state index contributed by atoms with van der Waals surface area (Å²) >= 11 is 0. The molecular weight excluding hydrogens is 202 g/mol. The van der Waals surface area contributed by atoms with E-state index in [4.69, 9.17) is 0 Å². The second-order valence-corrected chi connectivity index (χ2v) is 3.69. The molecule has 1 amide bonds. The number of rotatable bonds is 5. The number of hydrogen-bond donors (Lipinski definition) is 1. The number of anilines is 1. The van der Waals surface area contributed by atoms with Crippen LogP contribution in [0.3, 0.4) is 0 Å². The molecule has 0 fully saturated rings. The summed E-state index contributed by atoms with van der Waals surface area (Å²) in [6, 6.07) is 3.65. The molecule has 0 aliphatic carbocycles. The Morgan fingerprint density at radius 3 is 2.88 bits per heavy atom. The van der Waals surface area contributed by atoms with Gasteiger partial charge in [-0.2, -0.15) is 0 Å². The van der Waals surface area contributed by atoms with E-state index in [2.05, 4.69) is 10.3 Å². The van der Waals surface area contributed by atoms with Crippen molar-refractivity contribution in [1.82, 2.24) is 9.88 Å². The molecule has 0 atom stereocenters. The third-order valence-corrected chi connectivity index (χ3v) is 2.27. The van der Waals surface area contributed by atoms with Crippen molar-refractivity contribution >= 4 is 11.6 Å². The normalized spacial score (nSPS) is 9.94. The molecule has 0 aliphatic heterocycles. The molecule has 1 rings (SSSR count). The van der Waals surface area contributed by atoms with Crippen LogP contribution in [0.15, 0.2) is 18.3 Å². The topological polar surface area (TPSA) is 45.2 Å². The maximum Gasteiger partial charge on any atom is 0.272 e. The molecule has 0 aromatic carbocycles. The van der Waals surface area contributed by atoms with Crippen LogP contribution in [0.2, 0.25) is 0 Å². The molecule has 88 valence electrons. The van der Waals surface area contributed by atoms with E-state index in [-0.39, 0.29) is 5.91 Å². The zero-order valence-electron chi connectivity index (χ0n) is 10.2. The van der Waals surface area contributed by atoms with Crippen LogP contribution in [0.4, 0.5) is 5.69 Å². The summed E-state index contributed by atoms with van der Waals surface area (Å²) in [4.78, 5) is 17.7. The van der Waals surface area contributed by atoms with Crippen LogP contribution in [0.1, 0.15) is 30.8 Å². The number of pyridine rings is 1. The van der Waals surface area contributed by atoms with E-state index in [9.17, 15) is 4.79 Å². The van der Waals surface area contributed by atoms with Gasteiger partial charge in [0, 0.05) is 32.0 Å². The second-order valence-electron chi connectivity index (χ2n) is 3.69. The summed E-state index contributed by atoms with van der Waals surface area (Å²) in [5.41, 5.74) is 1.43. The van der Waals surface area contributed by atoms with E-state index >= 15 is 0 Å². The Hall–Kier alpha value is -1.58. The number of carbonyl (C=O) groups excluding carboxylic acids is 1. The van der Waals surface area contributed by atoms with Gasteiger partial charge in [0.25, 0.3) is 5.91 Å². The van der Waals surface area contributed by atoms with Crippen molar-refractivity contribution in [2.24, 2.45) is 0 Å². The lowest BCUT2D eigenvalue weighted by molar-refractivity contribution is 0.0789. The standard InChI is InChI=1S/C12H19N3O/c1-4-8-15(3)12(16)11-9-10(13-5-2)6-7-14-11/h6-7,9H,4-5,8H2,1-3H3,(H,13,14). The molecule has 0 saturated heterocycles. The van der Waals surface area contributed by atoms with Crippen LogP contribution < -0.4 is 5.32 Å². The minimum atomic E-state index is -0.0263. The first-order valence-corrected chi connectivity index (χ1v) is 5.64. The largest absolute Gasteiger partial charge is 0.385 e. The number of carbonyl (C=O) groups is 1. The maximum atomic E-state index is 11.9. The molecular formula is C12H19N3O. The van der Waals surface area contributed by atoms with Gasteiger partial charge in [-0.05, 0) is 25.5 Å². The summed E-state index contributed by atoms with van der Waals surface area (Å²) in [5.74, 6) is -0.0263. The number of nitrogens with zero attached hydrogens (tertiary/aromatic N) is 2. The molecule has 0 bridgehead atoms. The van der Waals surface area contributed by atoms with Gasteiger partial charge in [-0.25, -0.2) is 0 Å². The second kappa shape index (κ2) is 6.10.